The fraction of sp³-hybridized carbons (Fsp3) is 0.714. The first-order valence-corrected chi connectivity index (χ1v) is 6.81. The molecule has 0 aliphatic heterocycles. The SMILES string of the molecule is COC1(c2ncc(CO)c(C3CC3)n2)CCCC1. The molecule has 4 nitrogen and oxygen atoms in total. The summed E-state index contributed by atoms with van der Waals surface area (Å²) in [6.07, 6.45) is 8.52. The largest absolute Gasteiger partial charge is 0.392 e. The van der Waals surface area contributed by atoms with Gasteiger partial charge in [-0.2, -0.15) is 0 Å². The first-order valence-electron chi connectivity index (χ1n) is 6.81. The minimum atomic E-state index is -0.280. The number of aliphatic hydroxyl groups is 1. The van der Waals surface area contributed by atoms with Crippen molar-refractivity contribution < 1.29 is 9.84 Å². The summed E-state index contributed by atoms with van der Waals surface area (Å²) >= 11 is 0. The van der Waals surface area contributed by atoms with E-state index in [1.54, 1.807) is 13.3 Å². The molecule has 0 spiro atoms. The highest BCUT2D eigenvalue weighted by Crippen LogP contribution is 2.43. The summed E-state index contributed by atoms with van der Waals surface area (Å²) in [6, 6.07) is 0. The lowest BCUT2D eigenvalue weighted by Crippen LogP contribution is -2.28. The van der Waals surface area contributed by atoms with E-state index in [0.717, 1.165) is 29.9 Å². The molecule has 2 fully saturated rings. The van der Waals surface area contributed by atoms with Gasteiger partial charge in [0.25, 0.3) is 0 Å². The molecule has 0 bridgehead atoms. The Bertz CT molecular complexity index is 437. The zero-order chi connectivity index (χ0) is 12.6. The van der Waals surface area contributed by atoms with Crippen molar-refractivity contribution in [1.82, 2.24) is 9.97 Å². The number of hydrogen-bond acceptors (Lipinski definition) is 4. The summed E-state index contributed by atoms with van der Waals surface area (Å²) in [4.78, 5) is 9.18. The van der Waals surface area contributed by atoms with Crippen LogP contribution in [0.4, 0.5) is 0 Å². The van der Waals surface area contributed by atoms with Crippen molar-refractivity contribution in [2.45, 2.75) is 56.7 Å². The molecule has 1 N–H and O–H groups in total. The lowest BCUT2D eigenvalue weighted by atomic mass is 10.0. The highest BCUT2D eigenvalue weighted by molar-refractivity contribution is 5.26. The number of aromatic nitrogens is 2. The van der Waals surface area contributed by atoms with Gasteiger partial charge in [-0.05, 0) is 38.5 Å². The van der Waals surface area contributed by atoms with Crippen LogP contribution in [0.25, 0.3) is 0 Å². The Labute approximate surface area is 107 Å². The van der Waals surface area contributed by atoms with Crippen molar-refractivity contribution in [3.63, 3.8) is 0 Å². The molecule has 2 aliphatic rings. The Morgan fingerprint density at radius 1 is 1.39 bits per heavy atom. The molecule has 0 atom stereocenters. The monoisotopic (exact) mass is 248 g/mol. The molecule has 1 heterocycles. The molecule has 0 unspecified atom stereocenters. The third kappa shape index (κ3) is 1.93. The van der Waals surface area contributed by atoms with E-state index in [9.17, 15) is 5.11 Å². The molecule has 0 amide bonds. The average molecular weight is 248 g/mol. The van der Waals surface area contributed by atoms with E-state index < -0.39 is 0 Å². The normalized spacial score (nSPS) is 22.3. The van der Waals surface area contributed by atoms with Crippen molar-refractivity contribution in [2.24, 2.45) is 0 Å². The number of ether oxygens (including phenoxy) is 1. The minimum absolute atomic E-state index is 0.0338. The molecule has 1 aromatic heterocycles. The fourth-order valence-electron chi connectivity index (χ4n) is 2.94. The Balaban J connectivity index is 1.99. The highest BCUT2D eigenvalue weighted by Gasteiger charge is 2.39. The predicted molar refractivity (Wildman–Crippen MR) is 67.1 cm³/mol. The second kappa shape index (κ2) is 4.59. The Morgan fingerprint density at radius 2 is 2.11 bits per heavy atom. The number of hydrogen-bond donors (Lipinski definition) is 1. The number of methoxy groups -OCH3 is 1. The molecule has 18 heavy (non-hydrogen) atoms. The lowest BCUT2D eigenvalue weighted by molar-refractivity contribution is -0.0165. The van der Waals surface area contributed by atoms with Crippen LogP contribution in [0.15, 0.2) is 6.20 Å². The average Bonchev–Trinajstić information content (AvgIpc) is 3.15. The van der Waals surface area contributed by atoms with E-state index in [4.69, 9.17) is 9.72 Å². The zero-order valence-electron chi connectivity index (χ0n) is 10.9. The smallest absolute Gasteiger partial charge is 0.160 e. The summed E-state index contributed by atoms with van der Waals surface area (Å²) in [5.74, 6) is 1.35. The van der Waals surface area contributed by atoms with E-state index in [1.165, 1.54) is 25.7 Å². The molecule has 0 radical (unpaired) electrons. The summed E-state index contributed by atoms with van der Waals surface area (Å²) in [6.45, 7) is 0.0338. The first kappa shape index (κ1) is 12.1. The van der Waals surface area contributed by atoms with Crippen molar-refractivity contribution in [2.75, 3.05) is 7.11 Å². The Kier molecular flexibility index (Phi) is 3.08. The van der Waals surface area contributed by atoms with Crippen LogP contribution >= 0.6 is 0 Å². The third-order valence-electron chi connectivity index (χ3n) is 4.24. The van der Waals surface area contributed by atoms with Gasteiger partial charge in [0.1, 0.15) is 5.60 Å². The van der Waals surface area contributed by atoms with Gasteiger partial charge in [-0.15, -0.1) is 0 Å². The maximum absolute atomic E-state index is 9.36. The fourth-order valence-corrected chi connectivity index (χ4v) is 2.94. The van der Waals surface area contributed by atoms with Gasteiger partial charge in [-0.3, -0.25) is 0 Å². The van der Waals surface area contributed by atoms with Gasteiger partial charge in [0.2, 0.25) is 0 Å². The molecule has 1 aromatic rings. The van der Waals surface area contributed by atoms with Gasteiger partial charge in [-0.1, -0.05) is 0 Å². The summed E-state index contributed by atoms with van der Waals surface area (Å²) < 4.78 is 5.73. The summed E-state index contributed by atoms with van der Waals surface area (Å²) in [5, 5.41) is 9.36. The third-order valence-corrected chi connectivity index (χ3v) is 4.24. The van der Waals surface area contributed by atoms with Gasteiger partial charge in [0.05, 0.1) is 12.3 Å². The topological polar surface area (TPSA) is 55.2 Å². The highest BCUT2D eigenvalue weighted by atomic mass is 16.5. The molecule has 0 aromatic carbocycles. The van der Waals surface area contributed by atoms with Crippen molar-refractivity contribution in [3.8, 4) is 0 Å². The van der Waals surface area contributed by atoms with Crippen LogP contribution in [0, 0.1) is 0 Å². The van der Waals surface area contributed by atoms with Crippen LogP contribution in [-0.4, -0.2) is 22.2 Å². The lowest BCUT2D eigenvalue weighted by Gasteiger charge is -2.26. The standard InChI is InChI=1S/C14H20N2O2/c1-18-14(6-2-3-7-14)13-15-8-11(9-17)12(16-13)10-4-5-10/h8,10,17H,2-7,9H2,1H3. The quantitative estimate of drug-likeness (QED) is 0.888. The van der Waals surface area contributed by atoms with E-state index >= 15 is 0 Å². The summed E-state index contributed by atoms with van der Waals surface area (Å²) in [7, 11) is 1.76. The van der Waals surface area contributed by atoms with Gasteiger partial charge in [0.15, 0.2) is 5.82 Å². The van der Waals surface area contributed by atoms with Crippen LogP contribution in [-0.2, 0) is 16.9 Å². The molecular weight excluding hydrogens is 228 g/mol. The maximum atomic E-state index is 9.36. The second-order valence-corrected chi connectivity index (χ2v) is 5.44. The molecule has 98 valence electrons. The van der Waals surface area contributed by atoms with Gasteiger partial charge < -0.3 is 9.84 Å². The number of nitrogens with zero attached hydrogens (tertiary/aromatic N) is 2. The van der Waals surface area contributed by atoms with Crippen molar-refractivity contribution in [3.05, 3.63) is 23.3 Å². The predicted octanol–water partition coefficient (Wildman–Crippen LogP) is 2.26. The number of rotatable bonds is 4. The molecule has 0 saturated heterocycles. The van der Waals surface area contributed by atoms with Crippen LogP contribution in [0.5, 0.6) is 0 Å². The van der Waals surface area contributed by atoms with Gasteiger partial charge >= 0.3 is 0 Å². The first-order chi connectivity index (χ1) is 8.79. The second-order valence-electron chi connectivity index (χ2n) is 5.44. The van der Waals surface area contributed by atoms with Crippen LogP contribution in [0.1, 0.15) is 61.5 Å². The van der Waals surface area contributed by atoms with Gasteiger partial charge in [-0.25, -0.2) is 9.97 Å². The van der Waals surface area contributed by atoms with Crippen LogP contribution in [0.2, 0.25) is 0 Å². The molecule has 3 rings (SSSR count). The minimum Gasteiger partial charge on any atom is -0.392 e. The van der Waals surface area contributed by atoms with Crippen LogP contribution in [0.3, 0.4) is 0 Å². The molecule has 4 heteroatoms. The van der Waals surface area contributed by atoms with Gasteiger partial charge in [0, 0.05) is 24.8 Å². The van der Waals surface area contributed by atoms with E-state index in [2.05, 4.69) is 4.98 Å². The van der Waals surface area contributed by atoms with Crippen molar-refractivity contribution in [1.29, 1.82) is 0 Å². The Morgan fingerprint density at radius 3 is 2.67 bits per heavy atom. The van der Waals surface area contributed by atoms with E-state index in [0.29, 0.717) is 5.92 Å². The zero-order valence-corrected chi connectivity index (χ0v) is 10.9. The molecular formula is C14H20N2O2. The van der Waals surface area contributed by atoms with Crippen molar-refractivity contribution >= 4 is 0 Å². The maximum Gasteiger partial charge on any atom is 0.160 e. The number of aliphatic hydroxyl groups excluding tert-OH is 1. The Hall–Kier alpha value is -1.00. The van der Waals surface area contributed by atoms with E-state index in [1.807, 2.05) is 0 Å². The summed E-state index contributed by atoms with van der Waals surface area (Å²) in [5.41, 5.74) is 1.65. The molecule has 2 aliphatic carbocycles. The van der Waals surface area contributed by atoms with Crippen LogP contribution < -0.4 is 0 Å². The molecule has 2 saturated carbocycles. The van der Waals surface area contributed by atoms with E-state index in [-0.39, 0.29) is 12.2 Å².